The summed E-state index contributed by atoms with van der Waals surface area (Å²) in [5, 5.41) is 0. The van der Waals surface area contributed by atoms with Gasteiger partial charge >= 0.3 is 5.97 Å². The first kappa shape index (κ1) is 8.97. The summed E-state index contributed by atoms with van der Waals surface area (Å²) in [6, 6.07) is 0. The van der Waals surface area contributed by atoms with Crippen molar-refractivity contribution in [3.05, 3.63) is 0 Å². The van der Waals surface area contributed by atoms with Gasteiger partial charge in [-0.1, -0.05) is 0 Å². The largest absolute Gasteiger partial charge is 0.464 e. The average molecular weight is 186 g/mol. The zero-order chi connectivity index (χ0) is 9.10. The molecule has 0 aromatic rings. The van der Waals surface area contributed by atoms with Crippen LogP contribution in [0.3, 0.4) is 0 Å². The van der Waals surface area contributed by atoms with Crippen LogP contribution in [-0.4, -0.2) is 31.6 Å². The highest BCUT2D eigenvalue weighted by Gasteiger charge is 2.30. The van der Waals surface area contributed by atoms with Gasteiger partial charge in [0, 0.05) is 13.0 Å². The van der Waals surface area contributed by atoms with Gasteiger partial charge in [0.1, 0.15) is 0 Å². The van der Waals surface area contributed by atoms with Crippen LogP contribution in [0.25, 0.3) is 0 Å². The molecule has 0 saturated carbocycles. The fourth-order valence-electron chi connectivity index (χ4n) is 1.60. The van der Waals surface area contributed by atoms with Gasteiger partial charge in [-0.2, -0.15) is 0 Å². The molecule has 1 unspecified atom stereocenters. The van der Waals surface area contributed by atoms with E-state index < -0.39 is 0 Å². The van der Waals surface area contributed by atoms with Crippen LogP contribution in [0.2, 0.25) is 0 Å². The number of hydrogen-bond acceptors (Lipinski definition) is 4. The number of carbonyl (C=O) groups excluding carboxylic acids is 1. The summed E-state index contributed by atoms with van der Waals surface area (Å²) in [6.45, 7) is 1.22. The van der Waals surface area contributed by atoms with E-state index in [2.05, 4.69) is 0 Å². The molecule has 0 aliphatic carbocycles. The van der Waals surface area contributed by atoms with Crippen LogP contribution in [0.1, 0.15) is 25.7 Å². The lowest BCUT2D eigenvalue weighted by atomic mass is 10.2. The topological polar surface area (TPSA) is 44.8 Å². The number of hydrogen-bond donors (Lipinski definition) is 0. The molecule has 0 aromatic carbocycles. The normalized spacial score (nSPS) is 34.6. The van der Waals surface area contributed by atoms with Crippen molar-refractivity contribution in [1.29, 1.82) is 0 Å². The molecule has 74 valence electrons. The van der Waals surface area contributed by atoms with Crippen molar-refractivity contribution >= 4 is 5.97 Å². The van der Waals surface area contributed by atoms with E-state index in [0.29, 0.717) is 13.0 Å². The zero-order valence-electron chi connectivity index (χ0n) is 7.53. The summed E-state index contributed by atoms with van der Waals surface area (Å²) in [5.41, 5.74) is 0. The molecule has 2 atom stereocenters. The quantitative estimate of drug-likeness (QED) is 0.599. The van der Waals surface area contributed by atoms with Crippen molar-refractivity contribution in [2.24, 2.45) is 0 Å². The molecule has 4 heteroatoms. The van der Waals surface area contributed by atoms with Crippen LogP contribution in [0.4, 0.5) is 0 Å². The van der Waals surface area contributed by atoms with Crippen molar-refractivity contribution in [1.82, 2.24) is 0 Å². The second kappa shape index (κ2) is 4.07. The lowest BCUT2D eigenvalue weighted by Gasteiger charge is -2.24. The Kier molecular flexibility index (Phi) is 2.80. The van der Waals surface area contributed by atoms with Crippen molar-refractivity contribution < 1.29 is 19.0 Å². The molecule has 0 N–H and O–H groups in total. The molecule has 2 saturated heterocycles. The van der Waals surface area contributed by atoms with Gasteiger partial charge in [-0.3, -0.25) is 0 Å². The standard InChI is InChI=1S/C9H14O4/c10-9-7(4-6-12-9)13-8-3-1-2-5-11-8/h7-8H,1-6H2/t7-,8?/m0/s1. The molecule has 0 amide bonds. The fourth-order valence-corrected chi connectivity index (χ4v) is 1.60. The molecule has 2 aliphatic rings. The Labute approximate surface area is 77.1 Å². The van der Waals surface area contributed by atoms with Gasteiger partial charge in [0.2, 0.25) is 0 Å². The Bertz CT molecular complexity index is 186. The lowest BCUT2D eigenvalue weighted by molar-refractivity contribution is -0.193. The summed E-state index contributed by atoms with van der Waals surface area (Å²) >= 11 is 0. The Morgan fingerprint density at radius 1 is 1.23 bits per heavy atom. The van der Waals surface area contributed by atoms with Crippen molar-refractivity contribution in [3.8, 4) is 0 Å². The van der Waals surface area contributed by atoms with E-state index in [9.17, 15) is 4.79 Å². The minimum atomic E-state index is -0.386. The lowest BCUT2D eigenvalue weighted by Crippen LogP contribution is -2.30. The van der Waals surface area contributed by atoms with Gasteiger partial charge in [0.05, 0.1) is 6.61 Å². The summed E-state index contributed by atoms with van der Waals surface area (Å²) in [5.74, 6) is -0.242. The number of rotatable bonds is 2. The second-order valence-electron chi connectivity index (χ2n) is 3.38. The predicted molar refractivity (Wildman–Crippen MR) is 44.0 cm³/mol. The first-order chi connectivity index (χ1) is 6.36. The summed E-state index contributed by atoms with van der Waals surface area (Å²) in [6.07, 6.45) is 3.19. The van der Waals surface area contributed by atoms with Crippen molar-refractivity contribution in [3.63, 3.8) is 0 Å². The van der Waals surface area contributed by atoms with E-state index >= 15 is 0 Å². The van der Waals surface area contributed by atoms with E-state index in [1.165, 1.54) is 0 Å². The highest BCUT2D eigenvalue weighted by atomic mass is 16.7. The van der Waals surface area contributed by atoms with E-state index in [-0.39, 0.29) is 18.4 Å². The Morgan fingerprint density at radius 2 is 2.15 bits per heavy atom. The molecule has 4 nitrogen and oxygen atoms in total. The van der Waals surface area contributed by atoms with Gasteiger partial charge in [-0.05, 0) is 19.3 Å². The third-order valence-corrected chi connectivity index (χ3v) is 2.34. The molecule has 2 aliphatic heterocycles. The number of esters is 1. The molecule has 2 heterocycles. The number of ether oxygens (including phenoxy) is 3. The minimum absolute atomic E-state index is 0.190. The summed E-state index contributed by atoms with van der Waals surface area (Å²) in [7, 11) is 0. The van der Waals surface area contributed by atoms with Crippen LogP contribution in [0, 0.1) is 0 Å². The molecular formula is C9H14O4. The van der Waals surface area contributed by atoms with Crippen LogP contribution in [-0.2, 0) is 19.0 Å². The third kappa shape index (κ3) is 2.19. The first-order valence-corrected chi connectivity index (χ1v) is 4.80. The Morgan fingerprint density at radius 3 is 2.77 bits per heavy atom. The Balaban J connectivity index is 1.79. The van der Waals surface area contributed by atoms with Gasteiger partial charge in [-0.25, -0.2) is 4.79 Å². The smallest absolute Gasteiger partial charge is 0.335 e. The molecule has 13 heavy (non-hydrogen) atoms. The molecule has 0 bridgehead atoms. The summed E-state index contributed by atoms with van der Waals surface area (Å²) < 4.78 is 15.6. The van der Waals surface area contributed by atoms with E-state index in [1.54, 1.807) is 0 Å². The monoisotopic (exact) mass is 186 g/mol. The van der Waals surface area contributed by atoms with E-state index in [4.69, 9.17) is 14.2 Å². The molecule has 0 spiro atoms. The van der Waals surface area contributed by atoms with Crippen LogP contribution in [0.5, 0.6) is 0 Å². The fraction of sp³-hybridized carbons (Fsp3) is 0.889. The average Bonchev–Trinajstić information content (AvgIpc) is 2.54. The van der Waals surface area contributed by atoms with Gasteiger partial charge < -0.3 is 14.2 Å². The SMILES string of the molecule is O=C1OCC[C@@H]1OC1CCCCO1. The van der Waals surface area contributed by atoms with Gasteiger partial charge in [-0.15, -0.1) is 0 Å². The van der Waals surface area contributed by atoms with Crippen LogP contribution < -0.4 is 0 Å². The van der Waals surface area contributed by atoms with Crippen LogP contribution >= 0.6 is 0 Å². The molecule has 0 radical (unpaired) electrons. The Hall–Kier alpha value is -0.610. The molecule has 2 fully saturated rings. The minimum Gasteiger partial charge on any atom is -0.464 e. The molecule has 0 aromatic heterocycles. The molecular weight excluding hydrogens is 172 g/mol. The highest BCUT2D eigenvalue weighted by molar-refractivity contribution is 5.76. The summed E-state index contributed by atoms with van der Waals surface area (Å²) in [4.78, 5) is 11.0. The van der Waals surface area contributed by atoms with Crippen molar-refractivity contribution in [2.75, 3.05) is 13.2 Å². The maximum Gasteiger partial charge on any atom is 0.335 e. The van der Waals surface area contributed by atoms with E-state index in [0.717, 1.165) is 25.9 Å². The maximum atomic E-state index is 11.0. The second-order valence-corrected chi connectivity index (χ2v) is 3.38. The van der Waals surface area contributed by atoms with Gasteiger partial charge in [0.15, 0.2) is 12.4 Å². The van der Waals surface area contributed by atoms with Crippen molar-refractivity contribution in [2.45, 2.75) is 38.1 Å². The number of carbonyl (C=O) groups is 1. The highest BCUT2D eigenvalue weighted by Crippen LogP contribution is 2.19. The predicted octanol–water partition coefficient (Wildman–Crippen LogP) is 0.845. The number of cyclic esters (lactones) is 1. The van der Waals surface area contributed by atoms with Gasteiger partial charge in [0.25, 0.3) is 0 Å². The van der Waals surface area contributed by atoms with E-state index in [1.807, 2.05) is 0 Å². The first-order valence-electron chi connectivity index (χ1n) is 4.80. The van der Waals surface area contributed by atoms with Crippen LogP contribution in [0.15, 0.2) is 0 Å². The zero-order valence-corrected chi connectivity index (χ0v) is 7.53. The molecule has 2 rings (SSSR count). The maximum absolute atomic E-state index is 11.0. The third-order valence-electron chi connectivity index (χ3n) is 2.34.